The molecule has 2 atom stereocenters. The third kappa shape index (κ3) is 4.22. The van der Waals surface area contributed by atoms with Crippen LogP contribution in [0.1, 0.15) is 83.1 Å². The molecule has 6 nitrogen and oxygen atoms in total. The molecule has 0 spiro atoms. The molecule has 9 heteroatoms. The Morgan fingerprint density at radius 3 is 2.49 bits per heavy atom. The Morgan fingerprint density at radius 2 is 1.86 bits per heavy atom. The minimum Gasteiger partial charge on any atom is -0.389 e. The highest BCUT2D eigenvalue weighted by Crippen LogP contribution is 2.43. The fourth-order valence-electron chi connectivity index (χ4n) is 5.52. The van der Waals surface area contributed by atoms with E-state index < -0.39 is 23.8 Å². The van der Waals surface area contributed by atoms with E-state index >= 15 is 0 Å². The van der Waals surface area contributed by atoms with Crippen molar-refractivity contribution in [2.45, 2.75) is 57.3 Å². The lowest BCUT2D eigenvalue weighted by atomic mass is 9.84. The fraction of sp³-hybridized carbons (Fsp3) is 0.423. The number of hydrogen-bond donors (Lipinski definition) is 1. The van der Waals surface area contributed by atoms with Gasteiger partial charge in [0.1, 0.15) is 12.2 Å². The Balaban J connectivity index is 1.55. The maximum atomic E-state index is 13.9. The molecule has 1 fully saturated rings. The highest BCUT2D eigenvalue weighted by atomic mass is 19.4. The summed E-state index contributed by atoms with van der Waals surface area (Å²) >= 11 is 0. The minimum absolute atomic E-state index is 0.0122. The number of aliphatic hydroxyl groups is 1. The fourth-order valence-corrected chi connectivity index (χ4v) is 5.52. The molecule has 1 aliphatic carbocycles. The van der Waals surface area contributed by atoms with Gasteiger partial charge < -0.3 is 14.6 Å². The molecule has 35 heavy (non-hydrogen) atoms. The molecule has 2 aromatic carbocycles. The number of halogens is 3. The number of fused-ring (bicyclic) bond motifs is 1. The Kier molecular flexibility index (Phi) is 5.91. The van der Waals surface area contributed by atoms with Crippen LogP contribution in [0.15, 0.2) is 42.7 Å². The van der Waals surface area contributed by atoms with E-state index in [1.54, 1.807) is 12.4 Å². The highest BCUT2D eigenvalue weighted by molar-refractivity contribution is 6.10. The molecule has 1 amide bonds. The predicted molar refractivity (Wildman–Crippen MR) is 124 cm³/mol. The van der Waals surface area contributed by atoms with E-state index in [0.717, 1.165) is 43.1 Å². The molecule has 3 aromatic rings. The van der Waals surface area contributed by atoms with Gasteiger partial charge >= 0.3 is 6.18 Å². The number of carbonyl (C=O) groups excluding carboxylic acids is 1. The average molecular weight is 485 g/mol. The molecule has 1 aromatic heterocycles. The van der Waals surface area contributed by atoms with E-state index in [-0.39, 0.29) is 29.2 Å². The topological polar surface area (TPSA) is 71.2 Å². The van der Waals surface area contributed by atoms with Gasteiger partial charge in [-0.15, -0.1) is 10.2 Å². The van der Waals surface area contributed by atoms with E-state index in [0.29, 0.717) is 11.6 Å². The zero-order valence-electron chi connectivity index (χ0n) is 19.6. The number of hydrogen-bond acceptors (Lipinski definition) is 4. The van der Waals surface area contributed by atoms with Gasteiger partial charge in [0.25, 0.3) is 5.91 Å². The van der Waals surface area contributed by atoms with Crippen LogP contribution in [0.4, 0.5) is 18.9 Å². The van der Waals surface area contributed by atoms with Crippen LogP contribution in [-0.2, 0) is 19.8 Å². The molecule has 1 unspecified atom stereocenters. The van der Waals surface area contributed by atoms with Gasteiger partial charge in [0.15, 0.2) is 0 Å². The minimum atomic E-state index is -4.63. The summed E-state index contributed by atoms with van der Waals surface area (Å²) in [5.41, 5.74) is 0.639. The van der Waals surface area contributed by atoms with Crippen LogP contribution in [0.25, 0.3) is 0 Å². The van der Waals surface area contributed by atoms with Crippen LogP contribution < -0.4 is 4.90 Å². The van der Waals surface area contributed by atoms with E-state index in [4.69, 9.17) is 0 Å². The second-order valence-corrected chi connectivity index (χ2v) is 9.58. The zero-order chi connectivity index (χ0) is 24.9. The lowest BCUT2D eigenvalue weighted by Gasteiger charge is -2.25. The van der Waals surface area contributed by atoms with E-state index in [1.807, 2.05) is 29.8 Å². The van der Waals surface area contributed by atoms with Crippen molar-refractivity contribution in [2.24, 2.45) is 13.0 Å². The summed E-state index contributed by atoms with van der Waals surface area (Å²) in [6.45, 7) is 1.21. The van der Waals surface area contributed by atoms with Crippen LogP contribution >= 0.6 is 0 Å². The van der Waals surface area contributed by atoms with Gasteiger partial charge in [0.05, 0.1) is 18.2 Å². The molecular formula is C26H27F3N4O2. The normalized spacial score (nSPS) is 18.2. The molecule has 1 aliphatic heterocycles. The van der Waals surface area contributed by atoms with Crippen molar-refractivity contribution in [3.8, 4) is 0 Å². The van der Waals surface area contributed by atoms with E-state index in [2.05, 4.69) is 10.2 Å². The number of benzene rings is 2. The monoisotopic (exact) mass is 484 g/mol. The van der Waals surface area contributed by atoms with Crippen molar-refractivity contribution < 1.29 is 23.1 Å². The molecule has 5 rings (SSSR count). The second-order valence-electron chi connectivity index (χ2n) is 9.58. The molecule has 1 saturated carbocycles. The standard InChI is InChI=1S/C26H27F3N4O2/c1-15(34)18-11-20-21(22(12-18)26(27,28)29)13-33(25(20)35)19-9-5-8-17(10-19)23(16-6-3-4-7-16)24-31-30-14-32(24)2/h5,8-12,14-16,23,34H,3-4,6-7,13H2,1-2H3/t15?,23-/m1/s1. The zero-order valence-corrected chi connectivity index (χ0v) is 19.6. The first-order chi connectivity index (χ1) is 16.6. The molecule has 1 N–H and O–H groups in total. The number of nitrogens with zero attached hydrogens (tertiary/aromatic N) is 4. The number of aromatic nitrogens is 3. The van der Waals surface area contributed by atoms with Crippen molar-refractivity contribution in [3.05, 3.63) is 76.4 Å². The van der Waals surface area contributed by atoms with Crippen molar-refractivity contribution >= 4 is 11.6 Å². The first-order valence-electron chi connectivity index (χ1n) is 11.8. The van der Waals surface area contributed by atoms with Crippen molar-refractivity contribution in [2.75, 3.05) is 4.90 Å². The Labute approximate surface area is 201 Å². The third-order valence-corrected chi connectivity index (χ3v) is 7.29. The van der Waals surface area contributed by atoms with Gasteiger partial charge in [-0.1, -0.05) is 25.0 Å². The molecule has 184 valence electrons. The first kappa shape index (κ1) is 23.5. The smallest absolute Gasteiger partial charge is 0.389 e. The summed E-state index contributed by atoms with van der Waals surface area (Å²) in [5, 5.41) is 18.3. The summed E-state index contributed by atoms with van der Waals surface area (Å²) in [7, 11) is 1.90. The Morgan fingerprint density at radius 1 is 1.11 bits per heavy atom. The van der Waals surface area contributed by atoms with Gasteiger partial charge in [-0.3, -0.25) is 4.79 Å². The largest absolute Gasteiger partial charge is 0.416 e. The molecule has 0 saturated heterocycles. The molecular weight excluding hydrogens is 457 g/mol. The number of aryl methyl sites for hydroxylation is 1. The summed E-state index contributed by atoms with van der Waals surface area (Å²) in [5.74, 6) is 0.704. The van der Waals surface area contributed by atoms with Crippen LogP contribution in [-0.4, -0.2) is 25.8 Å². The Hall–Kier alpha value is -3.20. The van der Waals surface area contributed by atoms with Gasteiger partial charge in [-0.25, -0.2) is 0 Å². The lowest BCUT2D eigenvalue weighted by molar-refractivity contribution is -0.138. The van der Waals surface area contributed by atoms with Crippen LogP contribution in [0, 0.1) is 5.92 Å². The van der Waals surface area contributed by atoms with Crippen molar-refractivity contribution in [1.29, 1.82) is 0 Å². The first-order valence-corrected chi connectivity index (χ1v) is 11.8. The van der Waals surface area contributed by atoms with Gasteiger partial charge in [-0.05, 0) is 66.6 Å². The number of amides is 1. The second kappa shape index (κ2) is 8.78. The number of rotatable bonds is 5. The molecule has 2 aliphatic rings. The molecule has 0 radical (unpaired) electrons. The van der Waals surface area contributed by atoms with Gasteiger partial charge in [0.2, 0.25) is 0 Å². The highest BCUT2D eigenvalue weighted by Gasteiger charge is 2.41. The summed E-state index contributed by atoms with van der Waals surface area (Å²) < 4.78 is 43.5. The summed E-state index contributed by atoms with van der Waals surface area (Å²) in [6.07, 6.45) is 0.325. The number of alkyl halides is 3. The predicted octanol–water partition coefficient (Wildman–Crippen LogP) is 5.37. The lowest BCUT2D eigenvalue weighted by Crippen LogP contribution is -2.24. The van der Waals surface area contributed by atoms with E-state index in [9.17, 15) is 23.1 Å². The summed E-state index contributed by atoms with van der Waals surface area (Å²) in [6, 6.07) is 9.79. The summed E-state index contributed by atoms with van der Waals surface area (Å²) in [4.78, 5) is 14.7. The number of carbonyl (C=O) groups is 1. The van der Waals surface area contributed by atoms with E-state index in [1.165, 1.54) is 17.9 Å². The van der Waals surface area contributed by atoms with Crippen LogP contribution in [0.5, 0.6) is 0 Å². The number of anilines is 1. The Bertz CT molecular complexity index is 1260. The number of aliphatic hydroxyl groups excluding tert-OH is 1. The third-order valence-electron chi connectivity index (χ3n) is 7.29. The SMILES string of the molecule is CC(O)c1cc2c(c(C(F)(F)F)c1)CN(c1cccc([C@H](c3nncn3C)C3CCCC3)c1)C2=O. The van der Waals surface area contributed by atoms with Gasteiger partial charge in [0, 0.05) is 24.2 Å². The van der Waals surface area contributed by atoms with Crippen LogP contribution in [0.2, 0.25) is 0 Å². The van der Waals surface area contributed by atoms with Crippen molar-refractivity contribution in [1.82, 2.24) is 14.8 Å². The maximum absolute atomic E-state index is 13.9. The molecule has 0 bridgehead atoms. The maximum Gasteiger partial charge on any atom is 0.416 e. The average Bonchev–Trinajstić information content (AvgIpc) is 3.55. The van der Waals surface area contributed by atoms with Crippen LogP contribution in [0.3, 0.4) is 0 Å². The quantitative estimate of drug-likeness (QED) is 0.529. The van der Waals surface area contributed by atoms with Gasteiger partial charge in [-0.2, -0.15) is 13.2 Å². The molecule has 2 heterocycles. The van der Waals surface area contributed by atoms with Crippen molar-refractivity contribution in [3.63, 3.8) is 0 Å².